The fourth-order valence-electron chi connectivity index (χ4n) is 4.14. The van der Waals surface area contributed by atoms with Gasteiger partial charge in [0.25, 0.3) is 0 Å². The molecule has 0 saturated carbocycles. The van der Waals surface area contributed by atoms with Gasteiger partial charge in [0.1, 0.15) is 0 Å². The molecule has 3 heteroatoms. The summed E-state index contributed by atoms with van der Waals surface area (Å²) in [6.45, 7) is 9.59. The van der Waals surface area contributed by atoms with Crippen molar-refractivity contribution in [2.24, 2.45) is 5.92 Å². The number of benzene rings is 2. The van der Waals surface area contributed by atoms with E-state index in [1.807, 2.05) is 67.8 Å². The van der Waals surface area contributed by atoms with Gasteiger partial charge in [-0.25, -0.2) is 0 Å². The number of anilines is 1. The zero-order valence-electron chi connectivity index (χ0n) is 21.3. The third kappa shape index (κ3) is 6.80. The number of rotatable bonds is 10. The van der Waals surface area contributed by atoms with Crippen molar-refractivity contribution in [3.05, 3.63) is 145 Å². The third-order valence-corrected chi connectivity index (χ3v) is 6.40. The molecule has 1 aromatic heterocycles. The predicted molar refractivity (Wildman–Crippen MR) is 160 cm³/mol. The summed E-state index contributed by atoms with van der Waals surface area (Å²) in [5, 5.41) is 12.1. The van der Waals surface area contributed by atoms with E-state index in [4.69, 9.17) is 5.41 Å². The Hall–Kier alpha value is -4.50. The highest BCUT2D eigenvalue weighted by molar-refractivity contribution is 6.08. The Balaban J connectivity index is 1.42. The Morgan fingerprint density at radius 1 is 1.11 bits per heavy atom. The van der Waals surface area contributed by atoms with E-state index in [1.165, 1.54) is 5.56 Å². The van der Waals surface area contributed by atoms with Crippen LogP contribution in [0.3, 0.4) is 0 Å². The molecule has 1 aliphatic rings. The maximum absolute atomic E-state index is 8.41. The van der Waals surface area contributed by atoms with Crippen LogP contribution in [0.5, 0.6) is 0 Å². The summed E-state index contributed by atoms with van der Waals surface area (Å²) >= 11 is 0. The van der Waals surface area contributed by atoms with Crippen molar-refractivity contribution in [2.75, 3.05) is 5.32 Å². The summed E-state index contributed by atoms with van der Waals surface area (Å²) in [6.07, 6.45) is 20.7. The zero-order valence-corrected chi connectivity index (χ0v) is 21.3. The van der Waals surface area contributed by atoms with Crippen LogP contribution in [0, 0.1) is 11.3 Å². The molecule has 2 unspecified atom stereocenters. The molecule has 2 aromatic carbocycles. The highest BCUT2D eigenvalue weighted by atomic mass is 14.9. The van der Waals surface area contributed by atoms with E-state index in [9.17, 15) is 0 Å². The van der Waals surface area contributed by atoms with Crippen molar-refractivity contribution in [3.8, 4) is 11.3 Å². The lowest BCUT2D eigenvalue weighted by Gasteiger charge is -2.23. The van der Waals surface area contributed by atoms with Crippen molar-refractivity contribution in [3.63, 3.8) is 0 Å². The first-order valence-corrected chi connectivity index (χ1v) is 12.5. The van der Waals surface area contributed by atoms with Gasteiger partial charge in [-0.15, -0.1) is 13.2 Å². The molecule has 0 amide bonds. The van der Waals surface area contributed by atoms with E-state index in [-0.39, 0.29) is 12.0 Å². The van der Waals surface area contributed by atoms with Gasteiger partial charge in [0.15, 0.2) is 0 Å². The van der Waals surface area contributed by atoms with Crippen molar-refractivity contribution < 1.29 is 0 Å². The van der Waals surface area contributed by atoms with Gasteiger partial charge in [-0.05, 0) is 65.8 Å². The quantitative estimate of drug-likeness (QED) is 0.172. The van der Waals surface area contributed by atoms with E-state index in [0.29, 0.717) is 5.71 Å². The normalized spacial score (nSPS) is 15.8. The molecule has 4 rings (SSSR count). The lowest BCUT2D eigenvalue weighted by molar-refractivity contribution is 0.836. The van der Waals surface area contributed by atoms with Crippen LogP contribution in [-0.4, -0.2) is 10.7 Å². The molecule has 3 aromatic rings. The molecule has 2 N–H and O–H groups in total. The largest absolute Gasteiger partial charge is 0.374 e. The van der Waals surface area contributed by atoms with Crippen LogP contribution in [0.1, 0.15) is 36.1 Å². The first-order valence-electron chi connectivity index (χ1n) is 12.5. The standard InChI is InChI=1S/C34H33N3/c1-4-9-26(5-2)11-8-10-25(3)31(35)21-14-27-13-15-30-20-22-33(37-34(30)24-27)29-18-16-28(17-19-29)32-12-6-7-23-36-32/h4-8,10-24,26,33,35,37H,1-2,9H2,3H3/b11-8-,21-14-,25-10+,35-31?. The molecule has 0 aliphatic carbocycles. The molecule has 0 fully saturated rings. The number of fused-ring (bicyclic) bond motifs is 1. The molecule has 184 valence electrons. The van der Waals surface area contributed by atoms with Crippen molar-refractivity contribution in [1.29, 1.82) is 5.41 Å². The number of aromatic nitrogens is 1. The summed E-state index contributed by atoms with van der Waals surface area (Å²) in [5.41, 5.74) is 7.97. The van der Waals surface area contributed by atoms with Crippen LogP contribution < -0.4 is 5.32 Å². The fraction of sp³-hybridized carbons (Fsp3) is 0.118. The number of hydrogen-bond acceptors (Lipinski definition) is 3. The molecule has 0 radical (unpaired) electrons. The van der Waals surface area contributed by atoms with Gasteiger partial charge < -0.3 is 10.7 Å². The Labute approximate surface area is 220 Å². The smallest absolute Gasteiger partial charge is 0.0701 e. The minimum absolute atomic E-state index is 0.0975. The minimum atomic E-state index is 0.0975. The number of pyridine rings is 1. The van der Waals surface area contributed by atoms with Crippen LogP contribution in [0.25, 0.3) is 23.4 Å². The number of allylic oxidation sites excluding steroid dienone is 7. The molecule has 37 heavy (non-hydrogen) atoms. The van der Waals surface area contributed by atoms with E-state index in [2.05, 4.69) is 84.2 Å². The van der Waals surface area contributed by atoms with Gasteiger partial charge in [0.05, 0.1) is 17.4 Å². The van der Waals surface area contributed by atoms with Crippen LogP contribution in [0.4, 0.5) is 5.69 Å². The average molecular weight is 484 g/mol. The van der Waals surface area contributed by atoms with Crippen LogP contribution in [-0.2, 0) is 0 Å². The summed E-state index contributed by atoms with van der Waals surface area (Å²) < 4.78 is 0. The first-order chi connectivity index (χ1) is 18.1. The molecule has 3 nitrogen and oxygen atoms in total. The second-order valence-electron chi connectivity index (χ2n) is 9.07. The SMILES string of the molecule is C=CCC(C=C)/C=C\C=C(/C)C(=N)/C=C\c1ccc2c(c1)NC(c1ccc(-c3ccccn3)cc1)C=C2. The molecular weight excluding hydrogens is 450 g/mol. The van der Waals surface area contributed by atoms with E-state index < -0.39 is 0 Å². The van der Waals surface area contributed by atoms with Crippen LogP contribution >= 0.6 is 0 Å². The summed E-state index contributed by atoms with van der Waals surface area (Å²) in [6, 6.07) is 20.9. The Kier molecular flexibility index (Phi) is 8.62. The Bertz CT molecular complexity index is 1370. The van der Waals surface area contributed by atoms with Crippen molar-refractivity contribution in [1.82, 2.24) is 4.98 Å². The van der Waals surface area contributed by atoms with E-state index >= 15 is 0 Å². The highest BCUT2D eigenvalue weighted by Crippen LogP contribution is 2.32. The van der Waals surface area contributed by atoms with E-state index in [0.717, 1.165) is 40.1 Å². The molecule has 2 atom stereocenters. The number of hydrogen-bond donors (Lipinski definition) is 2. The monoisotopic (exact) mass is 483 g/mol. The Morgan fingerprint density at radius 2 is 1.95 bits per heavy atom. The lowest BCUT2D eigenvalue weighted by atomic mass is 9.97. The molecule has 0 spiro atoms. The molecule has 1 aliphatic heterocycles. The highest BCUT2D eigenvalue weighted by Gasteiger charge is 2.15. The zero-order chi connectivity index (χ0) is 26.0. The molecular formula is C34H33N3. The van der Waals surface area contributed by atoms with E-state index in [1.54, 1.807) is 0 Å². The average Bonchev–Trinajstić information content (AvgIpc) is 2.95. The summed E-state index contributed by atoms with van der Waals surface area (Å²) in [5.74, 6) is 0.269. The van der Waals surface area contributed by atoms with Gasteiger partial charge in [0.2, 0.25) is 0 Å². The van der Waals surface area contributed by atoms with Crippen molar-refractivity contribution >= 4 is 23.6 Å². The molecule has 2 heterocycles. The van der Waals surface area contributed by atoms with Gasteiger partial charge >= 0.3 is 0 Å². The lowest BCUT2D eigenvalue weighted by Crippen LogP contribution is -2.12. The van der Waals surface area contributed by atoms with Crippen LogP contribution in [0.15, 0.2) is 128 Å². The van der Waals surface area contributed by atoms with Crippen LogP contribution in [0.2, 0.25) is 0 Å². The summed E-state index contributed by atoms with van der Waals surface area (Å²) in [4.78, 5) is 4.44. The first kappa shape index (κ1) is 25.6. The number of nitrogens with zero attached hydrogens (tertiary/aromatic N) is 1. The second kappa shape index (κ2) is 12.5. The second-order valence-corrected chi connectivity index (χ2v) is 9.07. The van der Waals surface area contributed by atoms with Gasteiger partial charge in [-0.1, -0.05) is 91.1 Å². The predicted octanol–water partition coefficient (Wildman–Crippen LogP) is 8.84. The maximum Gasteiger partial charge on any atom is 0.0701 e. The van der Waals surface area contributed by atoms with Gasteiger partial charge in [0, 0.05) is 17.4 Å². The number of nitrogens with one attached hydrogen (secondary N) is 2. The Morgan fingerprint density at radius 3 is 2.68 bits per heavy atom. The minimum Gasteiger partial charge on any atom is -0.374 e. The topological polar surface area (TPSA) is 48.8 Å². The van der Waals surface area contributed by atoms with Crippen molar-refractivity contribution in [2.45, 2.75) is 19.4 Å². The molecule has 0 saturated heterocycles. The third-order valence-electron chi connectivity index (χ3n) is 6.40. The summed E-state index contributed by atoms with van der Waals surface area (Å²) in [7, 11) is 0. The van der Waals surface area contributed by atoms with Gasteiger partial charge in [-0.3, -0.25) is 4.98 Å². The fourth-order valence-corrected chi connectivity index (χ4v) is 4.14. The molecule has 0 bridgehead atoms. The van der Waals surface area contributed by atoms with Gasteiger partial charge in [-0.2, -0.15) is 0 Å². The maximum atomic E-state index is 8.41.